The van der Waals surface area contributed by atoms with Crippen LogP contribution in [0.3, 0.4) is 0 Å². The highest BCUT2D eigenvalue weighted by molar-refractivity contribution is 5.28. The monoisotopic (exact) mass is 250 g/mol. The zero-order valence-corrected chi connectivity index (χ0v) is 11.3. The van der Waals surface area contributed by atoms with E-state index in [0.29, 0.717) is 5.56 Å². The number of benzene rings is 1. The first-order chi connectivity index (χ1) is 8.57. The standard InChI is InChI=1S/C15H23FN2/c1-11-10-12(6-7-13(11)16)14(18-17)15(2)8-4-3-5-9-15/h6-7,10,14,18H,3-5,8-9,17H2,1-2H3. The van der Waals surface area contributed by atoms with Gasteiger partial charge in [0.1, 0.15) is 5.82 Å². The van der Waals surface area contributed by atoms with Crippen LogP contribution in [0.1, 0.15) is 56.2 Å². The molecule has 2 rings (SSSR count). The molecule has 3 N–H and O–H groups in total. The van der Waals surface area contributed by atoms with Gasteiger partial charge in [0.2, 0.25) is 0 Å². The van der Waals surface area contributed by atoms with Crippen molar-refractivity contribution in [2.45, 2.75) is 52.0 Å². The summed E-state index contributed by atoms with van der Waals surface area (Å²) < 4.78 is 13.4. The summed E-state index contributed by atoms with van der Waals surface area (Å²) in [6.07, 6.45) is 6.19. The van der Waals surface area contributed by atoms with Gasteiger partial charge in [-0.1, -0.05) is 38.3 Å². The fourth-order valence-electron chi connectivity index (χ4n) is 3.20. The molecule has 2 nitrogen and oxygen atoms in total. The number of aryl methyl sites for hydroxylation is 1. The van der Waals surface area contributed by atoms with Gasteiger partial charge < -0.3 is 0 Å². The molecule has 0 aromatic heterocycles. The minimum atomic E-state index is -0.150. The quantitative estimate of drug-likeness (QED) is 0.635. The van der Waals surface area contributed by atoms with E-state index in [-0.39, 0.29) is 17.3 Å². The molecule has 0 heterocycles. The molecule has 1 aliphatic rings. The zero-order chi connectivity index (χ0) is 13.2. The van der Waals surface area contributed by atoms with E-state index >= 15 is 0 Å². The molecule has 0 aliphatic heterocycles. The highest BCUT2D eigenvalue weighted by atomic mass is 19.1. The zero-order valence-electron chi connectivity index (χ0n) is 11.3. The van der Waals surface area contributed by atoms with Crippen molar-refractivity contribution >= 4 is 0 Å². The van der Waals surface area contributed by atoms with Gasteiger partial charge >= 0.3 is 0 Å². The number of nitrogens with two attached hydrogens (primary N) is 1. The molecule has 3 heteroatoms. The van der Waals surface area contributed by atoms with Gasteiger partial charge in [0.05, 0.1) is 6.04 Å². The second kappa shape index (κ2) is 5.37. The molecule has 0 radical (unpaired) electrons. The smallest absolute Gasteiger partial charge is 0.126 e. The number of hydrogen-bond donors (Lipinski definition) is 2. The number of hydrazine groups is 1. The molecular formula is C15H23FN2. The van der Waals surface area contributed by atoms with Gasteiger partial charge in [-0.3, -0.25) is 11.3 Å². The lowest BCUT2D eigenvalue weighted by molar-refractivity contribution is 0.145. The Labute approximate surface area is 109 Å². The Morgan fingerprint density at radius 3 is 2.50 bits per heavy atom. The summed E-state index contributed by atoms with van der Waals surface area (Å²) in [5.74, 6) is 5.62. The molecule has 0 amide bonds. The summed E-state index contributed by atoms with van der Waals surface area (Å²) in [5, 5.41) is 0. The van der Waals surface area contributed by atoms with Crippen molar-refractivity contribution in [2.75, 3.05) is 0 Å². The molecule has 1 aromatic rings. The summed E-state index contributed by atoms with van der Waals surface area (Å²) in [5.41, 5.74) is 4.92. The molecule has 0 bridgehead atoms. The average molecular weight is 250 g/mol. The van der Waals surface area contributed by atoms with Crippen LogP contribution < -0.4 is 11.3 Å². The molecule has 100 valence electrons. The predicted molar refractivity (Wildman–Crippen MR) is 72.4 cm³/mol. The minimum absolute atomic E-state index is 0.108. The van der Waals surface area contributed by atoms with Crippen LogP contribution in [0.5, 0.6) is 0 Å². The molecule has 1 saturated carbocycles. The number of nitrogens with one attached hydrogen (secondary N) is 1. The molecule has 1 aliphatic carbocycles. The van der Waals surface area contributed by atoms with Crippen molar-refractivity contribution in [3.63, 3.8) is 0 Å². The average Bonchev–Trinajstić information content (AvgIpc) is 2.35. The van der Waals surface area contributed by atoms with E-state index in [2.05, 4.69) is 12.3 Å². The molecule has 1 atom stereocenters. The van der Waals surface area contributed by atoms with Crippen molar-refractivity contribution in [1.29, 1.82) is 0 Å². The largest absolute Gasteiger partial charge is 0.271 e. The third-order valence-electron chi connectivity index (χ3n) is 4.37. The van der Waals surface area contributed by atoms with Gasteiger partial charge in [-0.2, -0.15) is 0 Å². The van der Waals surface area contributed by atoms with Crippen LogP contribution in [-0.2, 0) is 0 Å². The molecule has 0 saturated heterocycles. The van der Waals surface area contributed by atoms with Crippen LogP contribution in [0.25, 0.3) is 0 Å². The Balaban J connectivity index is 2.29. The van der Waals surface area contributed by atoms with Gasteiger partial charge in [0.15, 0.2) is 0 Å². The van der Waals surface area contributed by atoms with E-state index in [4.69, 9.17) is 5.84 Å². The SMILES string of the molecule is Cc1cc(C(NN)C2(C)CCCCC2)ccc1F. The summed E-state index contributed by atoms with van der Waals surface area (Å²) in [4.78, 5) is 0. The molecule has 1 fully saturated rings. The highest BCUT2D eigenvalue weighted by Gasteiger charge is 2.35. The maximum atomic E-state index is 13.4. The predicted octanol–water partition coefficient (Wildman–Crippen LogP) is 3.61. The van der Waals surface area contributed by atoms with Gasteiger partial charge in [0.25, 0.3) is 0 Å². The Kier molecular flexibility index (Phi) is 4.03. The minimum Gasteiger partial charge on any atom is -0.271 e. The summed E-state index contributed by atoms with van der Waals surface area (Å²) >= 11 is 0. The van der Waals surface area contributed by atoms with Crippen molar-refractivity contribution in [1.82, 2.24) is 5.43 Å². The van der Waals surface area contributed by atoms with Gasteiger partial charge in [-0.05, 0) is 42.4 Å². The van der Waals surface area contributed by atoms with Gasteiger partial charge in [-0.25, -0.2) is 4.39 Å². The Bertz CT molecular complexity index is 411. The highest BCUT2D eigenvalue weighted by Crippen LogP contribution is 2.45. The van der Waals surface area contributed by atoms with Gasteiger partial charge in [0, 0.05) is 0 Å². The lowest BCUT2D eigenvalue weighted by Gasteiger charge is -2.40. The summed E-state index contributed by atoms with van der Waals surface area (Å²) in [6, 6.07) is 5.42. The van der Waals surface area contributed by atoms with E-state index in [0.717, 1.165) is 5.56 Å². The van der Waals surface area contributed by atoms with Crippen LogP contribution in [0.2, 0.25) is 0 Å². The third-order valence-corrected chi connectivity index (χ3v) is 4.37. The molecule has 1 unspecified atom stereocenters. The molecular weight excluding hydrogens is 227 g/mol. The molecule has 18 heavy (non-hydrogen) atoms. The van der Waals surface area contributed by atoms with Gasteiger partial charge in [-0.15, -0.1) is 0 Å². The van der Waals surface area contributed by atoms with Crippen LogP contribution in [-0.4, -0.2) is 0 Å². The second-order valence-corrected chi connectivity index (χ2v) is 5.82. The van der Waals surface area contributed by atoms with E-state index in [1.54, 1.807) is 13.0 Å². The van der Waals surface area contributed by atoms with Crippen molar-refractivity contribution in [3.05, 3.63) is 35.1 Å². The fraction of sp³-hybridized carbons (Fsp3) is 0.600. The first-order valence-corrected chi connectivity index (χ1v) is 6.79. The number of halogens is 1. The first-order valence-electron chi connectivity index (χ1n) is 6.79. The number of hydrogen-bond acceptors (Lipinski definition) is 2. The van der Waals surface area contributed by atoms with Crippen LogP contribution in [0.4, 0.5) is 4.39 Å². The Morgan fingerprint density at radius 1 is 1.28 bits per heavy atom. The van der Waals surface area contributed by atoms with E-state index in [1.807, 2.05) is 12.1 Å². The lowest BCUT2D eigenvalue weighted by Crippen LogP contribution is -2.41. The maximum Gasteiger partial charge on any atom is 0.126 e. The fourth-order valence-corrected chi connectivity index (χ4v) is 3.20. The summed E-state index contributed by atoms with van der Waals surface area (Å²) in [7, 11) is 0. The van der Waals surface area contributed by atoms with Crippen molar-refractivity contribution in [3.8, 4) is 0 Å². The first kappa shape index (κ1) is 13.5. The summed E-state index contributed by atoms with van der Waals surface area (Å²) in [6.45, 7) is 4.09. The number of rotatable bonds is 3. The topological polar surface area (TPSA) is 38.0 Å². The Hall–Kier alpha value is -0.930. The normalized spacial score (nSPS) is 20.7. The van der Waals surface area contributed by atoms with Crippen molar-refractivity contribution in [2.24, 2.45) is 11.3 Å². The van der Waals surface area contributed by atoms with Crippen LogP contribution in [0.15, 0.2) is 18.2 Å². The molecule has 0 spiro atoms. The van der Waals surface area contributed by atoms with E-state index in [9.17, 15) is 4.39 Å². The van der Waals surface area contributed by atoms with Crippen LogP contribution >= 0.6 is 0 Å². The molecule has 1 aromatic carbocycles. The van der Waals surface area contributed by atoms with E-state index in [1.165, 1.54) is 32.1 Å². The van der Waals surface area contributed by atoms with E-state index < -0.39 is 0 Å². The van der Waals surface area contributed by atoms with Crippen LogP contribution in [0, 0.1) is 18.2 Å². The third kappa shape index (κ3) is 2.57. The lowest BCUT2D eigenvalue weighted by atomic mass is 9.69. The maximum absolute atomic E-state index is 13.4. The second-order valence-electron chi connectivity index (χ2n) is 5.82. The van der Waals surface area contributed by atoms with Crippen molar-refractivity contribution < 1.29 is 4.39 Å². The Morgan fingerprint density at radius 2 is 1.94 bits per heavy atom.